The molecule has 3 heterocycles. The first kappa shape index (κ1) is 14.2. The second kappa shape index (κ2) is 4.82. The van der Waals surface area contributed by atoms with E-state index < -0.39 is 0 Å². The molecule has 2 aromatic heterocycles. The first-order valence-electron chi connectivity index (χ1n) is 8.17. The molecule has 1 aromatic carbocycles. The summed E-state index contributed by atoms with van der Waals surface area (Å²) >= 11 is 0. The van der Waals surface area contributed by atoms with Crippen LogP contribution in [0, 0.1) is 6.92 Å². The van der Waals surface area contributed by atoms with Gasteiger partial charge in [-0.2, -0.15) is 9.61 Å². The van der Waals surface area contributed by atoms with Crippen LogP contribution in [0.25, 0.3) is 16.9 Å². The first-order chi connectivity index (χ1) is 10.9. The monoisotopic (exact) mass is 306 g/mol. The minimum Gasteiger partial charge on any atom is -0.351 e. The van der Waals surface area contributed by atoms with Crippen molar-refractivity contribution in [2.24, 2.45) is 0 Å². The number of benzene rings is 1. The molecule has 4 rings (SSSR count). The van der Waals surface area contributed by atoms with Crippen molar-refractivity contribution in [3.63, 3.8) is 0 Å². The van der Waals surface area contributed by atoms with E-state index in [-0.39, 0.29) is 5.54 Å². The van der Waals surface area contributed by atoms with Crippen LogP contribution in [-0.2, 0) is 6.42 Å². The Kier molecular flexibility index (Phi) is 2.98. The third-order valence-corrected chi connectivity index (χ3v) is 4.60. The van der Waals surface area contributed by atoms with E-state index in [1.807, 2.05) is 22.7 Å². The van der Waals surface area contributed by atoms with Crippen molar-refractivity contribution in [2.45, 2.75) is 39.7 Å². The second-order valence-electron chi connectivity index (χ2n) is 7.24. The molecule has 23 heavy (non-hydrogen) atoms. The average molecular weight is 306 g/mol. The van der Waals surface area contributed by atoms with Gasteiger partial charge < -0.3 is 4.90 Å². The van der Waals surface area contributed by atoms with E-state index >= 15 is 0 Å². The molecule has 3 aromatic rings. The Bertz CT molecular complexity index is 872. The lowest BCUT2D eigenvalue weighted by Crippen LogP contribution is -2.41. The Morgan fingerprint density at radius 2 is 1.83 bits per heavy atom. The summed E-state index contributed by atoms with van der Waals surface area (Å²) in [4.78, 5) is 7.23. The van der Waals surface area contributed by atoms with Crippen LogP contribution in [0.1, 0.15) is 32.0 Å². The number of hydrogen-bond donors (Lipinski definition) is 0. The fourth-order valence-electron chi connectivity index (χ4n) is 3.44. The van der Waals surface area contributed by atoms with E-state index in [2.05, 4.69) is 50.8 Å². The van der Waals surface area contributed by atoms with Crippen molar-refractivity contribution in [1.82, 2.24) is 14.6 Å². The standard InChI is InChI=1S/C19H22N4/c1-13-15-10-11-22(19(2,3)4)18(15)23-17(20-13)12-16(21-23)14-8-6-5-7-9-14/h5-9,12H,10-11H2,1-4H3. The van der Waals surface area contributed by atoms with Gasteiger partial charge in [-0.05, 0) is 34.1 Å². The molecule has 4 heteroatoms. The average Bonchev–Trinajstić information content (AvgIpc) is 3.11. The zero-order valence-corrected chi connectivity index (χ0v) is 14.2. The van der Waals surface area contributed by atoms with Crippen LogP contribution in [-0.4, -0.2) is 26.7 Å². The maximum atomic E-state index is 4.87. The summed E-state index contributed by atoms with van der Waals surface area (Å²) in [7, 11) is 0. The van der Waals surface area contributed by atoms with Gasteiger partial charge in [-0.3, -0.25) is 0 Å². The lowest BCUT2D eigenvalue weighted by Gasteiger charge is -2.34. The van der Waals surface area contributed by atoms with Crippen molar-refractivity contribution < 1.29 is 0 Å². The molecule has 1 aliphatic rings. The predicted molar refractivity (Wildman–Crippen MR) is 94.0 cm³/mol. The normalized spacial score (nSPS) is 14.5. The Balaban J connectivity index is 1.96. The van der Waals surface area contributed by atoms with Crippen LogP contribution in [0.5, 0.6) is 0 Å². The van der Waals surface area contributed by atoms with Crippen molar-refractivity contribution >= 4 is 11.5 Å². The molecule has 0 aliphatic carbocycles. The van der Waals surface area contributed by atoms with Gasteiger partial charge in [-0.15, -0.1) is 0 Å². The van der Waals surface area contributed by atoms with Crippen LogP contribution in [0.3, 0.4) is 0 Å². The second-order valence-corrected chi connectivity index (χ2v) is 7.24. The van der Waals surface area contributed by atoms with Crippen molar-refractivity contribution in [2.75, 3.05) is 11.4 Å². The first-order valence-corrected chi connectivity index (χ1v) is 8.17. The van der Waals surface area contributed by atoms with Gasteiger partial charge in [0, 0.05) is 35.0 Å². The number of anilines is 1. The van der Waals surface area contributed by atoms with Gasteiger partial charge in [0.05, 0.1) is 5.69 Å². The van der Waals surface area contributed by atoms with Crippen molar-refractivity contribution in [3.05, 3.63) is 47.7 Å². The third-order valence-electron chi connectivity index (χ3n) is 4.60. The van der Waals surface area contributed by atoms with Gasteiger partial charge in [-0.25, -0.2) is 4.98 Å². The molecule has 0 N–H and O–H groups in total. The minimum atomic E-state index is 0.0742. The zero-order valence-electron chi connectivity index (χ0n) is 14.2. The van der Waals surface area contributed by atoms with Crippen LogP contribution in [0.15, 0.2) is 36.4 Å². The Morgan fingerprint density at radius 3 is 2.52 bits per heavy atom. The molecule has 4 nitrogen and oxygen atoms in total. The number of aromatic nitrogens is 3. The molecule has 0 saturated carbocycles. The molecule has 0 unspecified atom stereocenters. The molecule has 1 aliphatic heterocycles. The molecule has 0 saturated heterocycles. The lowest BCUT2D eigenvalue weighted by atomic mass is 10.1. The highest BCUT2D eigenvalue weighted by Crippen LogP contribution is 2.36. The Hall–Kier alpha value is -2.36. The summed E-state index contributed by atoms with van der Waals surface area (Å²) in [5.41, 5.74) is 5.56. The summed E-state index contributed by atoms with van der Waals surface area (Å²) in [5.74, 6) is 1.21. The molecule has 0 radical (unpaired) electrons. The number of fused-ring (bicyclic) bond motifs is 3. The quantitative estimate of drug-likeness (QED) is 0.684. The minimum absolute atomic E-state index is 0.0742. The molecule has 0 atom stereocenters. The van der Waals surface area contributed by atoms with E-state index in [0.717, 1.165) is 35.6 Å². The number of aryl methyl sites for hydroxylation is 1. The lowest BCUT2D eigenvalue weighted by molar-refractivity contribution is 0.510. The Labute approximate surface area is 136 Å². The van der Waals surface area contributed by atoms with Gasteiger partial charge in [-0.1, -0.05) is 30.3 Å². The highest BCUT2D eigenvalue weighted by molar-refractivity contribution is 5.68. The summed E-state index contributed by atoms with van der Waals surface area (Å²) in [6, 6.07) is 12.4. The van der Waals surface area contributed by atoms with Crippen LogP contribution >= 0.6 is 0 Å². The molecule has 0 spiro atoms. The summed E-state index contributed by atoms with van der Waals surface area (Å²) in [6.45, 7) is 9.91. The van der Waals surface area contributed by atoms with Crippen LogP contribution < -0.4 is 4.90 Å². The number of rotatable bonds is 1. The van der Waals surface area contributed by atoms with Crippen LogP contribution in [0.4, 0.5) is 5.82 Å². The highest BCUT2D eigenvalue weighted by atomic mass is 15.4. The largest absolute Gasteiger partial charge is 0.351 e. The number of hydrogen-bond acceptors (Lipinski definition) is 3. The number of nitrogens with zero attached hydrogens (tertiary/aromatic N) is 4. The van der Waals surface area contributed by atoms with Gasteiger partial charge in [0.15, 0.2) is 5.65 Å². The molecule has 0 amide bonds. The zero-order chi connectivity index (χ0) is 16.2. The van der Waals surface area contributed by atoms with E-state index in [1.165, 1.54) is 11.4 Å². The van der Waals surface area contributed by atoms with E-state index in [9.17, 15) is 0 Å². The van der Waals surface area contributed by atoms with E-state index in [0.29, 0.717) is 0 Å². The third kappa shape index (κ3) is 2.21. The maximum absolute atomic E-state index is 4.87. The molecule has 0 bridgehead atoms. The fourth-order valence-corrected chi connectivity index (χ4v) is 3.44. The van der Waals surface area contributed by atoms with Crippen molar-refractivity contribution in [1.29, 1.82) is 0 Å². The van der Waals surface area contributed by atoms with E-state index in [1.54, 1.807) is 0 Å². The molecular weight excluding hydrogens is 284 g/mol. The Morgan fingerprint density at radius 1 is 1.09 bits per heavy atom. The van der Waals surface area contributed by atoms with Gasteiger partial charge in [0.2, 0.25) is 0 Å². The predicted octanol–water partition coefficient (Wildman–Crippen LogP) is 3.87. The summed E-state index contributed by atoms with van der Waals surface area (Å²) in [6.07, 6.45) is 1.04. The fraction of sp³-hybridized carbons (Fsp3) is 0.368. The van der Waals surface area contributed by atoms with E-state index in [4.69, 9.17) is 10.1 Å². The molecular formula is C19H22N4. The van der Waals surface area contributed by atoms with Gasteiger partial charge >= 0.3 is 0 Å². The molecule has 0 fully saturated rings. The van der Waals surface area contributed by atoms with Gasteiger partial charge in [0.25, 0.3) is 0 Å². The van der Waals surface area contributed by atoms with Gasteiger partial charge in [0.1, 0.15) is 5.82 Å². The van der Waals surface area contributed by atoms with Crippen LogP contribution in [0.2, 0.25) is 0 Å². The summed E-state index contributed by atoms with van der Waals surface area (Å²) in [5, 5.41) is 4.87. The smallest absolute Gasteiger partial charge is 0.158 e. The molecule has 118 valence electrons. The highest BCUT2D eigenvalue weighted by Gasteiger charge is 2.32. The van der Waals surface area contributed by atoms with Crippen molar-refractivity contribution in [3.8, 4) is 11.3 Å². The summed E-state index contributed by atoms with van der Waals surface area (Å²) < 4.78 is 2.03. The maximum Gasteiger partial charge on any atom is 0.158 e. The SMILES string of the molecule is Cc1nc2cc(-c3ccccc3)nn2c2c1CCN2C(C)(C)C. The topological polar surface area (TPSA) is 33.4 Å².